The van der Waals surface area contributed by atoms with E-state index < -0.39 is 0 Å². The summed E-state index contributed by atoms with van der Waals surface area (Å²) in [6.07, 6.45) is 1.08. The van der Waals surface area contributed by atoms with Crippen LogP contribution in [0.1, 0.15) is 26.1 Å². The van der Waals surface area contributed by atoms with Crippen molar-refractivity contribution in [3.63, 3.8) is 0 Å². The van der Waals surface area contributed by atoms with Gasteiger partial charge >= 0.3 is 0 Å². The van der Waals surface area contributed by atoms with Gasteiger partial charge in [-0.3, -0.25) is 0 Å². The van der Waals surface area contributed by atoms with E-state index >= 15 is 0 Å². The van der Waals surface area contributed by atoms with Crippen LogP contribution in [0.5, 0.6) is 5.88 Å². The number of ether oxygens (including phenoxy) is 1. The molecule has 1 N–H and O–H groups in total. The first-order valence-electron chi connectivity index (χ1n) is 6.84. The van der Waals surface area contributed by atoms with Crippen LogP contribution in [-0.2, 0) is 0 Å². The first-order chi connectivity index (χ1) is 8.97. The van der Waals surface area contributed by atoms with E-state index in [2.05, 4.69) is 48.1 Å². The molecule has 0 amide bonds. The van der Waals surface area contributed by atoms with E-state index in [-0.39, 0.29) is 0 Å². The maximum absolute atomic E-state index is 5.63. The van der Waals surface area contributed by atoms with Crippen molar-refractivity contribution >= 4 is 5.82 Å². The van der Waals surface area contributed by atoms with Gasteiger partial charge in [-0.15, -0.1) is 0 Å². The average molecular weight is 266 g/mol. The number of hydrogen-bond acceptors (Lipinski definition) is 5. The van der Waals surface area contributed by atoms with Crippen molar-refractivity contribution in [3.05, 3.63) is 11.9 Å². The predicted octanol–water partition coefficient (Wildman–Crippen LogP) is 2.18. The van der Waals surface area contributed by atoms with E-state index in [0.29, 0.717) is 18.4 Å². The molecule has 5 heteroatoms. The molecule has 0 aliphatic rings. The molecule has 1 heterocycles. The second-order valence-corrected chi connectivity index (χ2v) is 5.43. The molecular formula is C14H26N4O. The minimum atomic E-state index is 0.492. The van der Waals surface area contributed by atoms with E-state index in [9.17, 15) is 0 Å². The second-order valence-electron chi connectivity index (χ2n) is 5.43. The molecule has 0 spiro atoms. The third kappa shape index (κ3) is 6.96. The topological polar surface area (TPSA) is 50.3 Å². The van der Waals surface area contributed by atoms with E-state index in [0.717, 1.165) is 31.2 Å². The Hall–Kier alpha value is -1.36. The van der Waals surface area contributed by atoms with E-state index in [4.69, 9.17) is 4.74 Å². The van der Waals surface area contributed by atoms with Gasteiger partial charge in [-0.2, -0.15) is 4.98 Å². The number of aryl methyl sites for hydroxylation is 1. The zero-order valence-corrected chi connectivity index (χ0v) is 12.7. The van der Waals surface area contributed by atoms with Crippen LogP contribution in [0.15, 0.2) is 6.07 Å². The van der Waals surface area contributed by atoms with Crippen LogP contribution in [-0.4, -0.2) is 48.7 Å². The van der Waals surface area contributed by atoms with Crippen LogP contribution in [0.3, 0.4) is 0 Å². The highest BCUT2D eigenvalue weighted by Gasteiger charge is 2.04. The highest BCUT2D eigenvalue weighted by Crippen LogP contribution is 2.14. The summed E-state index contributed by atoms with van der Waals surface area (Å²) in [6.45, 7) is 8.76. The molecule has 1 rings (SSSR count). The normalized spacial score (nSPS) is 11.1. The van der Waals surface area contributed by atoms with Gasteiger partial charge in [-0.1, -0.05) is 13.8 Å². The second kappa shape index (κ2) is 7.94. The number of hydrogen-bond donors (Lipinski definition) is 1. The smallest absolute Gasteiger partial charge is 0.218 e. The summed E-state index contributed by atoms with van der Waals surface area (Å²) in [5.41, 5.74) is 0. The van der Waals surface area contributed by atoms with Crippen LogP contribution < -0.4 is 10.1 Å². The minimum absolute atomic E-state index is 0.492. The summed E-state index contributed by atoms with van der Waals surface area (Å²) in [7, 11) is 4.15. The molecule has 19 heavy (non-hydrogen) atoms. The third-order valence-electron chi connectivity index (χ3n) is 2.47. The van der Waals surface area contributed by atoms with Gasteiger partial charge in [0, 0.05) is 12.6 Å². The Labute approximate surface area is 116 Å². The number of aromatic nitrogens is 2. The molecule has 1 aromatic rings. The Balaban J connectivity index is 2.48. The van der Waals surface area contributed by atoms with Gasteiger partial charge in [0.1, 0.15) is 11.6 Å². The van der Waals surface area contributed by atoms with Crippen molar-refractivity contribution in [2.75, 3.05) is 39.1 Å². The highest BCUT2D eigenvalue weighted by molar-refractivity contribution is 5.38. The number of nitrogens with zero attached hydrogens (tertiary/aromatic N) is 3. The fraction of sp³-hybridized carbons (Fsp3) is 0.714. The Morgan fingerprint density at radius 1 is 1.32 bits per heavy atom. The lowest BCUT2D eigenvalue weighted by Crippen LogP contribution is -2.17. The lowest BCUT2D eigenvalue weighted by atomic mass is 10.2. The van der Waals surface area contributed by atoms with Crippen molar-refractivity contribution in [2.45, 2.75) is 27.2 Å². The summed E-state index contributed by atoms with van der Waals surface area (Å²) >= 11 is 0. The van der Waals surface area contributed by atoms with Gasteiger partial charge in [0.15, 0.2) is 0 Å². The molecule has 5 nitrogen and oxygen atoms in total. The molecule has 108 valence electrons. The Morgan fingerprint density at radius 2 is 2.05 bits per heavy atom. The predicted molar refractivity (Wildman–Crippen MR) is 78.8 cm³/mol. The zero-order chi connectivity index (χ0) is 14.3. The standard InChI is InChI=1S/C14H26N4O/c1-11(2)10-19-14-9-13(16-12(3)17-14)15-7-6-8-18(4)5/h9,11H,6-8,10H2,1-5H3,(H,15,16,17). The molecule has 0 saturated heterocycles. The first kappa shape index (κ1) is 15.7. The number of anilines is 1. The monoisotopic (exact) mass is 266 g/mol. The molecule has 1 aromatic heterocycles. The molecule has 0 radical (unpaired) electrons. The summed E-state index contributed by atoms with van der Waals surface area (Å²) in [5, 5.41) is 3.31. The van der Waals surface area contributed by atoms with Crippen LogP contribution in [0.4, 0.5) is 5.82 Å². The van der Waals surface area contributed by atoms with Gasteiger partial charge in [-0.25, -0.2) is 4.98 Å². The van der Waals surface area contributed by atoms with Crippen LogP contribution in [0.25, 0.3) is 0 Å². The van der Waals surface area contributed by atoms with Gasteiger partial charge in [0.25, 0.3) is 0 Å². The number of rotatable bonds is 8. The van der Waals surface area contributed by atoms with Crippen molar-refractivity contribution in [3.8, 4) is 5.88 Å². The molecule has 0 saturated carbocycles. The highest BCUT2D eigenvalue weighted by atomic mass is 16.5. The van der Waals surface area contributed by atoms with Crippen LogP contribution in [0, 0.1) is 12.8 Å². The minimum Gasteiger partial charge on any atom is -0.477 e. The Kier molecular flexibility index (Phi) is 6.56. The van der Waals surface area contributed by atoms with Gasteiger partial charge in [0.2, 0.25) is 5.88 Å². The molecule has 0 aliphatic heterocycles. The largest absolute Gasteiger partial charge is 0.477 e. The fourth-order valence-electron chi connectivity index (χ4n) is 1.57. The van der Waals surface area contributed by atoms with Crippen molar-refractivity contribution in [1.29, 1.82) is 0 Å². The Morgan fingerprint density at radius 3 is 2.68 bits per heavy atom. The quantitative estimate of drug-likeness (QED) is 0.731. The maximum Gasteiger partial charge on any atom is 0.218 e. The van der Waals surface area contributed by atoms with E-state index in [1.165, 1.54) is 0 Å². The average Bonchev–Trinajstić information content (AvgIpc) is 2.31. The van der Waals surface area contributed by atoms with Crippen molar-refractivity contribution in [1.82, 2.24) is 14.9 Å². The third-order valence-corrected chi connectivity index (χ3v) is 2.47. The molecule has 0 atom stereocenters. The van der Waals surface area contributed by atoms with Gasteiger partial charge in [0.05, 0.1) is 6.61 Å². The van der Waals surface area contributed by atoms with E-state index in [1.807, 2.05) is 13.0 Å². The molecule has 0 unspecified atom stereocenters. The molecule has 0 fully saturated rings. The lowest BCUT2D eigenvalue weighted by Gasteiger charge is -2.12. The number of nitrogens with one attached hydrogen (secondary N) is 1. The van der Waals surface area contributed by atoms with Crippen LogP contribution >= 0.6 is 0 Å². The summed E-state index contributed by atoms with van der Waals surface area (Å²) in [6, 6.07) is 1.87. The molecule has 0 aliphatic carbocycles. The SMILES string of the molecule is Cc1nc(NCCCN(C)C)cc(OCC(C)C)n1. The lowest BCUT2D eigenvalue weighted by molar-refractivity contribution is 0.260. The molecule has 0 bridgehead atoms. The van der Waals surface area contributed by atoms with Crippen molar-refractivity contribution in [2.24, 2.45) is 5.92 Å². The van der Waals surface area contributed by atoms with Gasteiger partial charge in [-0.05, 0) is 39.9 Å². The molecule has 0 aromatic carbocycles. The van der Waals surface area contributed by atoms with E-state index in [1.54, 1.807) is 0 Å². The van der Waals surface area contributed by atoms with Gasteiger partial charge < -0.3 is 15.0 Å². The summed E-state index contributed by atoms with van der Waals surface area (Å²) in [5.74, 6) is 2.71. The van der Waals surface area contributed by atoms with Crippen LogP contribution in [0.2, 0.25) is 0 Å². The first-order valence-corrected chi connectivity index (χ1v) is 6.84. The van der Waals surface area contributed by atoms with Crippen molar-refractivity contribution < 1.29 is 4.74 Å². The zero-order valence-electron chi connectivity index (χ0n) is 12.7. The summed E-state index contributed by atoms with van der Waals surface area (Å²) < 4.78 is 5.63. The Bertz CT molecular complexity index is 380. The summed E-state index contributed by atoms with van der Waals surface area (Å²) in [4.78, 5) is 10.8. The fourth-order valence-corrected chi connectivity index (χ4v) is 1.57. The molecular weight excluding hydrogens is 240 g/mol. The maximum atomic E-state index is 5.63.